The zero-order valence-corrected chi connectivity index (χ0v) is 7.13. The number of hydrogen-bond acceptors (Lipinski definition) is 1. The van der Waals surface area contributed by atoms with E-state index in [1.807, 2.05) is 38.4 Å². The van der Waals surface area contributed by atoms with Crippen molar-refractivity contribution in [2.24, 2.45) is 0 Å². The van der Waals surface area contributed by atoms with Gasteiger partial charge in [0.2, 0.25) is 0 Å². The van der Waals surface area contributed by atoms with Gasteiger partial charge in [-0.2, -0.15) is 0 Å². The molecule has 62 valence electrons. The fourth-order valence-electron chi connectivity index (χ4n) is 0.528. The maximum atomic E-state index is 10.2. The van der Waals surface area contributed by atoms with Crippen LogP contribution in [0.4, 0.5) is 0 Å². The van der Waals surface area contributed by atoms with Crippen LogP contribution in [0, 0.1) is 0 Å². The number of H-pyrrole nitrogens is 1. The van der Waals surface area contributed by atoms with Gasteiger partial charge in [-0.15, -0.1) is 0 Å². The summed E-state index contributed by atoms with van der Waals surface area (Å²) < 4.78 is 0. The van der Waals surface area contributed by atoms with Crippen LogP contribution < -0.4 is 0 Å². The first-order chi connectivity index (χ1) is 5.31. The summed E-state index contributed by atoms with van der Waals surface area (Å²) in [4.78, 5) is 13.0. The zero-order chi connectivity index (χ0) is 8.53. The summed E-state index contributed by atoms with van der Waals surface area (Å²) in [5.74, 6) is 0.343. The topological polar surface area (TPSA) is 32.9 Å². The second-order valence-corrected chi connectivity index (χ2v) is 2.13. The highest BCUT2D eigenvalue weighted by molar-refractivity contribution is 5.77. The number of aromatic amines is 1. The first-order valence-electron chi connectivity index (χ1n) is 3.90. The number of carbonyl (C=O) groups is 1. The lowest BCUT2D eigenvalue weighted by atomic mass is 10.3. The van der Waals surface area contributed by atoms with Crippen LogP contribution in [-0.2, 0) is 4.79 Å². The van der Waals surface area contributed by atoms with E-state index >= 15 is 0 Å². The minimum Gasteiger partial charge on any atom is -0.368 e. The molecule has 0 fully saturated rings. The summed E-state index contributed by atoms with van der Waals surface area (Å²) in [7, 11) is 0. The second kappa shape index (κ2) is 7.06. The largest absolute Gasteiger partial charge is 0.368 e. The quantitative estimate of drug-likeness (QED) is 0.695. The molecule has 0 bridgehead atoms. The Morgan fingerprint density at radius 2 is 1.64 bits per heavy atom. The number of rotatable bonds is 2. The number of Topliss-reactive ketones (excluding diaryl/α,β-unsaturated/α-hetero) is 1. The average Bonchev–Trinajstić information content (AvgIpc) is 2.60. The first-order valence-corrected chi connectivity index (χ1v) is 3.90. The number of carbonyl (C=O) groups excluding carboxylic acids is 1. The highest BCUT2D eigenvalue weighted by Crippen LogP contribution is 1.83. The summed E-state index contributed by atoms with van der Waals surface area (Å²) in [6, 6.07) is 3.89. The third kappa shape index (κ3) is 6.84. The SMILES string of the molecule is CCC(=O)CC.c1cc[nH]c1. The molecular weight excluding hydrogens is 138 g/mol. The molecule has 1 rings (SSSR count). The van der Waals surface area contributed by atoms with E-state index in [-0.39, 0.29) is 0 Å². The van der Waals surface area contributed by atoms with Crippen molar-refractivity contribution in [3.63, 3.8) is 0 Å². The monoisotopic (exact) mass is 153 g/mol. The van der Waals surface area contributed by atoms with Gasteiger partial charge in [0.05, 0.1) is 0 Å². The molecule has 0 saturated heterocycles. The van der Waals surface area contributed by atoms with Gasteiger partial charge in [0, 0.05) is 25.2 Å². The molecule has 1 N–H and O–H groups in total. The lowest BCUT2D eigenvalue weighted by Gasteiger charge is -1.81. The number of aromatic nitrogens is 1. The van der Waals surface area contributed by atoms with Crippen LogP contribution in [0.3, 0.4) is 0 Å². The molecule has 0 aliphatic carbocycles. The average molecular weight is 153 g/mol. The standard InChI is InChI=1S/C5H10O.C4H5N/c1-3-5(6)4-2;1-2-4-5-3-1/h3-4H2,1-2H3;1-5H. The van der Waals surface area contributed by atoms with E-state index in [0.717, 1.165) is 0 Å². The van der Waals surface area contributed by atoms with Crippen LogP contribution in [0.2, 0.25) is 0 Å². The molecule has 1 aromatic rings. The van der Waals surface area contributed by atoms with Crippen LogP contribution >= 0.6 is 0 Å². The van der Waals surface area contributed by atoms with Gasteiger partial charge in [0.15, 0.2) is 0 Å². The lowest BCUT2D eigenvalue weighted by molar-refractivity contribution is -0.118. The van der Waals surface area contributed by atoms with Crippen LogP contribution in [0.25, 0.3) is 0 Å². The Labute approximate surface area is 67.6 Å². The Bertz CT molecular complexity index is 144. The molecule has 2 heteroatoms. The van der Waals surface area contributed by atoms with Crippen molar-refractivity contribution in [2.45, 2.75) is 26.7 Å². The van der Waals surface area contributed by atoms with Crippen molar-refractivity contribution in [1.29, 1.82) is 0 Å². The number of ketones is 1. The Kier molecular flexibility index (Phi) is 6.39. The van der Waals surface area contributed by atoms with Gasteiger partial charge in [0.1, 0.15) is 5.78 Å². The summed E-state index contributed by atoms with van der Waals surface area (Å²) in [6.07, 6.45) is 5.13. The molecule has 2 nitrogen and oxygen atoms in total. The molecule has 1 aromatic heterocycles. The zero-order valence-electron chi connectivity index (χ0n) is 7.13. The molecule has 0 aliphatic heterocycles. The van der Waals surface area contributed by atoms with Crippen molar-refractivity contribution in [2.75, 3.05) is 0 Å². The third-order valence-electron chi connectivity index (χ3n) is 1.28. The molecular formula is C9H15NO. The predicted molar refractivity (Wildman–Crippen MR) is 46.4 cm³/mol. The van der Waals surface area contributed by atoms with Crippen LogP contribution in [-0.4, -0.2) is 10.8 Å². The Morgan fingerprint density at radius 1 is 1.18 bits per heavy atom. The summed E-state index contributed by atoms with van der Waals surface area (Å²) in [5.41, 5.74) is 0. The van der Waals surface area contributed by atoms with E-state index in [2.05, 4.69) is 4.98 Å². The minimum absolute atomic E-state index is 0.343. The highest BCUT2D eigenvalue weighted by atomic mass is 16.1. The van der Waals surface area contributed by atoms with Gasteiger partial charge in [0.25, 0.3) is 0 Å². The van der Waals surface area contributed by atoms with E-state index in [0.29, 0.717) is 18.6 Å². The van der Waals surface area contributed by atoms with Crippen molar-refractivity contribution < 1.29 is 4.79 Å². The van der Waals surface area contributed by atoms with Crippen molar-refractivity contribution >= 4 is 5.78 Å². The maximum Gasteiger partial charge on any atom is 0.132 e. The lowest BCUT2D eigenvalue weighted by Crippen LogP contribution is -1.88. The van der Waals surface area contributed by atoms with Gasteiger partial charge >= 0.3 is 0 Å². The van der Waals surface area contributed by atoms with E-state index in [1.165, 1.54) is 0 Å². The highest BCUT2D eigenvalue weighted by Gasteiger charge is 1.86. The molecule has 0 aliphatic rings. The van der Waals surface area contributed by atoms with Crippen LogP contribution in [0.15, 0.2) is 24.5 Å². The van der Waals surface area contributed by atoms with E-state index in [9.17, 15) is 4.79 Å². The third-order valence-corrected chi connectivity index (χ3v) is 1.28. The Balaban J connectivity index is 0.000000183. The fraction of sp³-hybridized carbons (Fsp3) is 0.444. The van der Waals surface area contributed by atoms with Gasteiger partial charge in [-0.1, -0.05) is 13.8 Å². The summed E-state index contributed by atoms with van der Waals surface area (Å²) >= 11 is 0. The van der Waals surface area contributed by atoms with Crippen molar-refractivity contribution in [1.82, 2.24) is 4.98 Å². The fourth-order valence-corrected chi connectivity index (χ4v) is 0.528. The van der Waals surface area contributed by atoms with Gasteiger partial charge in [-0.3, -0.25) is 4.79 Å². The minimum atomic E-state index is 0.343. The van der Waals surface area contributed by atoms with Gasteiger partial charge < -0.3 is 4.98 Å². The van der Waals surface area contributed by atoms with Crippen molar-refractivity contribution in [3.8, 4) is 0 Å². The number of hydrogen-bond donors (Lipinski definition) is 1. The van der Waals surface area contributed by atoms with Gasteiger partial charge in [-0.25, -0.2) is 0 Å². The summed E-state index contributed by atoms with van der Waals surface area (Å²) in [5, 5.41) is 0. The molecule has 0 atom stereocenters. The van der Waals surface area contributed by atoms with E-state index in [1.54, 1.807) is 0 Å². The first kappa shape index (κ1) is 9.95. The number of nitrogens with one attached hydrogen (secondary N) is 1. The molecule has 0 amide bonds. The Morgan fingerprint density at radius 3 is 1.73 bits per heavy atom. The predicted octanol–water partition coefficient (Wildman–Crippen LogP) is 2.39. The molecule has 0 aromatic carbocycles. The smallest absolute Gasteiger partial charge is 0.132 e. The van der Waals surface area contributed by atoms with E-state index in [4.69, 9.17) is 0 Å². The second-order valence-electron chi connectivity index (χ2n) is 2.13. The van der Waals surface area contributed by atoms with Crippen LogP contribution in [0.5, 0.6) is 0 Å². The molecule has 1 heterocycles. The molecule has 0 radical (unpaired) electrons. The Hall–Kier alpha value is -1.05. The maximum absolute atomic E-state index is 10.2. The molecule has 0 saturated carbocycles. The van der Waals surface area contributed by atoms with E-state index < -0.39 is 0 Å². The molecule has 0 spiro atoms. The molecule has 0 unspecified atom stereocenters. The van der Waals surface area contributed by atoms with Crippen molar-refractivity contribution in [3.05, 3.63) is 24.5 Å². The normalized spacial score (nSPS) is 8.18. The van der Waals surface area contributed by atoms with Crippen LogP contribution in [0.1, 0.15) is 26.7 Å². The summed E-state index contributed by atoms with van der Waals surface area (Å²) in [6.45, 7) is 3.76. The van der Waals surface area contributed by atoms with Gasteiger partial charge in [-0.05, 0) is 12.1 Å². The molecule has 11 heavy (non-hydrogen) atoms.